The van der Waals surface area contributed by atoms with Gasteiger partial charge in [0.2, 0.25) is 0 Å². The number of hydrogen-bond acceptors (Lipinski definition) is 5. The summed E-state index contributed by atoms with van der Waals surface area (Å²) in [5.74, 6) is 0.850. The van der Waals surface area contributed by atoms with Gasteiger partial charge in [-0.2, -0.15) is 13.2 Å². The van der Waals surface area contributed by atoms with Crippen LogP contribution in [-0.4, -0.2) is 31.3 Å². The average molecular weight is 564 g/mol. The lowest BCUT2D eigenvalue weighted by atomic mass is 9.95. The molecule has 0 saturated carbocycles. The molecule has 0 radical (unpaired) electrons. The molecule has 204 valence electrons. The second-order valence-corrected chi connectivity index (χ2v) is 11.6. The van der Waals surface area contributed by atoms with E-state index in [1.54, 1.807) is 11.8 Å². The maximum atomic E-state index is 12.9. The minimum Gasteiger partial charge on any atom is -0.469 e. The molecule has 0 aliphatic carbocycles. The molecule has 0 aliphatic rings. The van der Waals surface area contributed by atoms with Gasteiger partial charge in [-0.3, -0.25) is 9.59 Å². The number of carbonyl (C=O) groups excluding carboxylic acids is 2. The molecule has 3 rings (SSSR count). The molecular weight excluding hydrogens is 531 g/mol. The Hall–Kier alpha value is -2.78. The number of hydrogen-bond donors (Lipinski definition) is 1. The minimum atomic E-state index is -4.34. The van der Waals surface area contributed by atoms with E-state index in [9.17, 15) is 22.8 Å². The van der Waals surface area contributed by atoms with E-state index in [0.29, 0.717) is 10.8 Å². The first-order valence-corrected chi connectivity index (χ1v) is 14.1. The van der Waals surface area contributed by atoms with E-state index >= 15 is 0 Å². The van der Waals surface area contributed by atoms with Gasteiger partial charge < -0.3 is 10.1 Å². The van der Waals surface area contributed by atoms with E-state index in [2.05, 4.69) is 29.1 Å². The molecule has 9 heteroatoms. The van der Waals surface area contributed by atoms with Crippen LogP contribution < -0.4 is 5.32 Å². The fraction of sp³-hybridized carbons (Fsp3) is 0.379. The van der Waals surface area contributed by atoms with Crippen molar-refractivity contribution in [2.75, 3.05) is 19.4 Å². The second kappa shape index (κ2) is 13.3. The highest BCUT2D eigenvalue weighted by molar-refractivity contribution is 7.99. The van der Waals surface area contributed by atoms with Gasteiger partial charge in [0.05, 0.1) is 24.0 Å². The predicted octanol–water partition coefficient (Wildman–Crippen LogP) is 7.70. The molecule has 1 aromatic heterocycles. The molecular formula is C29H32F3NO3S2. The van der Waals surface area contributed by atoms with Crippen molar-refractivity contribution in [2.24, 2.45) is 5.92 Å². The molecule has 1 heterocycles. The van der Waals surface area contributed by atoms with Crippen molar-refractivity contribution in [1.29, 1.82) is 0 Å². The zero-order valence-electron chi connectivity index (χ0n) is 21.9. The average Bonchev–Trinajstić information content (AvgIpc) is 3.35. The number of alkyl halides is 3. The Morgan fingerprint density at radius 2 is 1.71 bits per heavy atom. The number of aryl methyl sites for hydroxylation is 3. The number of rotatable bonds is 11. The van der Waals surface area contributed by atoms with Crippen LogP contribution in [0.3, 0.4) is 0 Å². The van der Waals surface area contributed by atoms with E-state index in [-0.39, 0.29) is 24.8 Å². The van der Waals surface area contributed by atoms with Crippen molar-refractivity contribution in [3.63, 3.8) is 0 Å². The van der Waals surface area contributed by atoms with Crippen LogP contribution in [0, 0.1) is 19.8 Å². The standard InChI is InChI=1S/C29H32F3NO3S2/c1-18(5-10-23-11-12-25(38-23)28(35)33-14-13-26(34)36-4)17-37-24-15-19(2)27(20(3)16-24)21-6-8-22(9-7-21)29(30,31)32/h6-9,11-12,15-16,18H,5,10,13-14,17H2,1-4H3,(H,33,35). The molecule has 1 N–H and O–H groups in total. The third-order valence-corrected chi connectivity index (χ3v) is 8.60. The third-order valence-electron chi connectivity index (χ3n) is 6.15. The first-order valence-electron chi connectivity index (χ1n) is 12.3. The molecule has 1 atom stereocenters. The van der Waals surface area contributed by atoms with Gasteiger partial charge in [0.25, 0.3) is 5.91 Å². The Bertz CT molecular complexity index is 1230. The number of halogens is 3. The molecule has 1 amide bonds. The number of amides is 1. The Morgan fingerprint density at radius 1 is 1.05 bits per heavy atom. The molecule has 0 aliphatic heterocycles. The number of methoxy groups -OCH3 is 1. The van der Waals surface area contributed by atoms with E-state index < -0.39 is 11.7 Å². The Labute approximate surface area is 230 Å². The van der Waals surface area contributed by atoms with Gasteiger partial charge >= 0.3 is 12.1 Å². The summed E-state index contributed by atoms with van der Waals surface area (Å²) < 4.78 is 43.3. The van der Waals surface area contributed by atoms with Crippen LogP contribution in [0.15, 0.2) is 53.4 Å². The lowest BCUT2D eigenvalue weighted by Gasteiger charge is -2.15. The number of benzene rings is 2. The van der Waals surface area contributed by atoms with Crippen LogP contribution in [0.2, 0.25) is 0 Å². The van der Waals surface area contributed by atoms with Crippen molar-refractivity contribution in [3.05, 3.63) is 75.0 Å². The molecule has 0 saturated heterocycles. The largest absolute Gasteiger partial charge is 0.469 e. The number of carbonyl (C=O) groups is 2. The zero-order valence-corrected chi connectivity index (χ0v) is 23.5. The lowest BCUT2D eigenvalue weighted by molar-refractivity contribution is -0.140. The Balaban J connectivity index is 1.50. The number of ether oxygens (including phenoxy) is 1. The summed E-state index contributed by atoms with van der Waals surface area (Å²) in [6.45, 7) is 6.44. The van der Waals surface area contributed by atoms with Gasteiger partial charge in [0.15, 0.2) is 0 Å². The molecule has 3 aromatic rings. The predicted molar refractivity (Wildman–Crippen MR) is 148 cm³/mol. The maximum absolute atomic E-state index is 12.9. The first-order chi connectivity index (χ1) is 18.0. The molecule has 4 nitrogen and oxygen atoms in total. The summed E-state index contributed by atoms with van der Waals surface area (Å²) in [6, 6.07) is 13.3. The van der Waals surface area contributed by atoms with Crippen molar-refractivity contribution in [2.45, 2.75) is 51.1 Å². The summed E-state index contributed by atoms with van der Waals surface area (Å²) in [5, 5.41) is 2.73. The smallest absolute Gasteiger partial charge is 0.416 e. The fourth-order valence-corrected chi connectivity index (χ4v) is 6.20. The highest BCUT2D eigenvalue weighted by Crippen LogP contribution is 2.35. The third kappa shape index (κ3) is 8.36. The minimum absolute atomic E-state index is 0.145. The van der Waals surface area contributed by atoms with Crippen molar-refractivity contribution in [3.8, 4) is 11.1 Å². The van der Waals surface area contributed by atoms with E-state index in [0.717, 1.165) is 62.8 Å². The Morgan fingerprint density at radius 3 is 2.32 bits per heavy atom. The van der Waals surface area contributed by atoms with Crippen molar-refractivity contribution in [1.82, 2.24) is 5.32 Å². The summed E-state index contributed by atoms with van der Waals surface area (Å²) in [6.07, 6.45) is -2.33. The topological polar surface area (TPSA) is 55.4 Å². The highest BCUT2D eigenvalue weighted by atomic mass is 32.2. The number of thioether (sulfide) groups is 1. The maximum Gasteiger partial charge on any atom is 0.416 e. The molecule has 2 aromatic carbocycles. The molecule has 1 unspecified atom stereocenters. The molecule has 0 spiro atoms. The van der Waals surface area contributed by atoms with Gasteiger partial charge in [0, 0.05) is 22.1 Å². The number of thiophene rings is 1. The van der Waals surface area contributed by atoms with Crippen LogP contribution in [0.4, 0.5) is 13.2 Å². The summed E-state index contributed by atoms with van der Waals surface area (Å²) in [4.78, 5) is 26.3. The van der Waals surface area contributed by atoms with Crippen LogP contribution in [-0.2, 0) is 22.1 Å². The Kier molecular flexibility index (Phi) is 10.4. The van der Waals surface area contributed by atoms with E-state index in [4.69, 9.17) is 0 Å². The van der Waals surface area contributed by atoms with Gasteiger partial charge in [-0.15, -0.1) is 23.1 Å². The van der Waals surface area contributed by atoms with E-state index in [1.165, 1.54) is 30.6 Å². The summed E-state index contributed by atoms with van der Waals surface area (Å²) in [7, 11) is 1.32. The molecule has 38 heavy (non-hydrogen) atoms. The van der Waals surface area contributed by atoms with Crippen molar-refractivity contribution < 1.29 is 27.5 Å². The summed E-state index contributed by atoms with van der Waals surface area (Å²) >= 11 is 3.25. The number of esters is 1. The highest BCUT2D eigenvalue weighted by Gasteiger charge is 2.30. The van der Waals surface area contributed by atoms with Crippen LogP contribution in [0.5, 0.6) is 0 Å². The fourth-order valence-electron chi connectivity index (χ4n) is 4.10. The summed E-state index contributed by atoms with van der Waals surface area (Å²) in [5.41, 5.74) is 3.19. The van der Waals surface area contributed by atoms with Crippen molar-refractivity contribution >= 4 is 35.0 Å². The quantitative estimate of drug-likeness (QED) is 0.192. The van der Waals surface area contributed by atoms with Gasteiger partial charge in [0.1, 0.15) is 0 Å². The van der Waals surface area contributed by atoms with Crippen LogP contribution in [0.25, 0.3) is 11.1 Å². The van der Waals surface area contributed by atoms with Gasteiger partial charge in [-0.25, -0.2) is 0 Å². The number of nitrogens with one attached hydrogen (secondary N) is 1. The zero-order chi connectivity index (χ0) is 27.9. The van der Waals surface area contributed by atoms with Crippen LogP contribution >= 0.6 is 23.1 Å². The first kappa shape index (κ1) is 29.8. The molecule has 0 fully saturated rings. The van der Waals surface area contributed by atoms with Crippen LogP contribution in [0.1, 0.15) is 51.0 Å². The normalized spacial score (nSPS) is 12.3. The lowest BCUT2D eigenvalue weighted by Crippen LogP contribution is -2.25. The molecule has 0 bridgehead atoms. The monoisotopic (exact) mass is 563 g/mol. The van der Waals surface area contributed by atoms with Gasteiger partial charge in [-0.1, -0.05) is 19.1 Å². The van der Waals surface area contributed by atoms with Gasteiger partial charge in [-0.05, 0) is 91.3 Å². The van der Waals surface area contributed by atoms with E-state index in [1.807, 2.05) is 26.0 Å². The SMILES string of the molecule is COC(=O)CCNC(=O)c1ccc(CCC(C)CSc2cc(C)c(-c3ccc(C(F)(F)F)cc3)c(C)c2)s1. The second-order valence-electron chi connectivity index (χ2n) is 9.31.